The Kier molecular flexibility index (Phi) is 6.77. The molecule has 0 bridgehead atoms. The molecule has 0 saturated carbocycles. The number of ether oxygens (including phenoxy) is 1. The number of hydrogen-bond acceptors (Lipinski definition) is 7. The predicted molar refractivity (Wildman–Crippen MR) is 111 cm³/mol. The fourth-order valence-electron chi connectivity index (χ4n) is 3.63. The Hall–Kier alpha value is -1.75. The number of aryl methyl sites for hydroxylation is 1. The lowest BCUT2D eigenvalue weighted by molar-refractivity contribution is -0.131. The number of carboxylic acid groups (broad SMARTS) is 1. The van der Waals surface area contributed by atoms with Gasteiger partial charge in [0.05, 0.1) is 17.8 Å². The van der Waals surface area contributed by atoms with Crippen LogP contribution in [0.3, 0.4) is 0 Å². The van der Waals surface area contributed by atoms with Crippen molar-refractivity contribution in [1.29, 1.82) is 0 Å². The van der Waals surface area contributed by atoms with E-state index in [0.29, 0.717) is 36.0 Å². The first-order valence-corrected chi connectivity index (χ1v) is 10.7. The first kappa shape index (κ1) is 21.9. The summed E-state index contributed by atoms with van der Waals surface area (Å²) in [6, 6.07) is -0.178. The number of halogens is 1. The van der Waals surface area contributed by atoms with Gasteiger partial charge in [-0.25, -0.2) is 9.78 Å². The van der Waals surface area contributed by atoms with Crippen LogP contribution in [-0.4, -0.2) is 81.6 Å². The highest BCUT2D eigenvalue weighted by Crippen LogP contribution is 2.39. The summed E-state index contributed by atoms with van der Waals surface area (Å²) in [7, 11) is 3.51. The Morgan fingerprint density at radius 3 is 2.76 bits per heavy atom. The SMILES string of the molecule is CCc1[nH]c(C(=O)N[C@@H]2CCN(C3SC(C(=O)O)=C(C)N3C)C[C@@H]2OC)nc1Cl. The van der Waals surface area contributed by atoms with Crippen LogP contribution in [0.1, 0.15) is 36.6 Å². The summed E-state index contributed by atoms with van der Waals surface area (Å²) >= 11 is 7.36. The molecule has 9 nitrogen and oxygen atoms in total. The number of aromatic amines is 1. The van der Waals surface area contributed by atoms with Gasteiger partial charge in [0.2, 0.25) is 0 Å². The number of aliphatic carboxylic acids is 1. The minimum absolute atomic E-state index is 0.105. The van der Waals surface area contributed by atoms with Gasteiger partial charge in [0.25, 0.3) is 5.91 Å². The van der Waals surface area contributed by atoms with Crippen LogP contribution >= 0.6 is 23.4 Å². The van der Waals surface area contributed by atoms with Gasteiger partial charge in [-0.1, -0.05) is 30.3 Å². The minimum Gasteiger partial charge on any atom is -0.477 e. The number of H-pyrrole nitrogens is 1. The van der Waals surface area contributed by atoms with Crippen LogP contribution in [0.4, 0.5) is 0 Å². The smallest absolute Gasteiger partial charge is 0.344 e. The van der Waals surface area contributed by atoms with E-state index in [0.717, 1.165) is 11.4 Å². The molecular formula is C18H26ClN5O4S. The molecule has 0 spiro atoms. The number of amides is 1. The Labute approximate surface area is 178 Å². The molecule has 1 saturated heterocycles. The summed E-state index contributed by atoms with van der Waals surface area (Å²) in [5.74, 6) is -1.03. The molecule has 1 aromatic heterocycles. The van der Waals surface area contributed by atoms with Crippen molar-refractivity contribution < 1.29 is 19.4 Å². The number of likely N-dealkylation sites (tertiary alicyclic amines) is 1. The minimum atomic E-state index is -0.907. The normalized spacial score (nSPS) is 25.6. The van der Waals surface area contributed by atoms with Gasteiger partial charge in [0, 0.05) is 32.9 Å². The molecule has 3 N–H and O–H groups in total. The van der Waals surface area contributed by atoms with Gasteiger partial charge in [0.15, 0.2) is 11.0 Å². The van der Waals surface area contributed by atoms with Gasteiger partial charge in [0.1, 0.15) is 10.4 Å². The van der Waals surface area contributed by atoms with Crippen LogP contribution < -0.4 is 5.32 Å². The second kappa shape index (κ2) is 8.95. The second-order valence-corrected chi connectivity index (χ2v) is 8.54. The average molecular weight is 444 g/mol. The lowest BCUT2D eigenvalue weighted by Gasteiger charge is -2.42. The summed E-state index contributed by atoms with van der Waals surface area (Å²) in [6.45, 7) is 5.02. The van der Waals surface area contributed by atoms with Crippen LogP contribution in [0.15, 0.2) is 10.6 Å². The van der Waals surface area contributed by atoms with Gasteiger partial charge in [-0.05, 0) is 19.8 Å². The van der Waals surface area contributed by atoms with Gasteiger partial charge in [-0.3, -0.25) is 9.69 Å². The maximum atomic E-state index is 12.6. The molecule has 3 heterocycles. The number of nitrogens with one attached hydrogen (secondary N) is 2. The molecule has 3 rings (SSSR count). The van der Waals surface area contributed by atoms with Crippen molar-refractivity contribution in [2.24, 2.45) is 0 Å². The largest absolute Gasteiger partial charge is 0.477 e. The zero-order valence-corrected chi connectivity index (χ0v) is 18.4. The number of allylic oxidation sites excluding steroid dienone is 1. The summed E-state index contributed by atoms with van der Waals surface area (Å²) in [6.07, 6.45) is 1.11. The second-order valence-electron chi connectivity index (χ2n) is 7.12. The Morgan fingerprint density at radius 1 is 1.48 bits per heavy atom. The number of piperidine rings is 1. The van der Waals surface area contributed by atoms with E-state index in [1.807, 2.05) is 25.8 Å². The number of imidazole rings is 1. The quantitative estimate of drug-likeness (QED) is 0.609. The van der Waals surface area contributed by atoms with Gasteiger partial charge < -0.3 is 25.0 Å². The van der Waals surface area contributed by atoms with E-state index < -0.39 is 5.97 Å². The van der Waals surface area contributed by atoms with Crippen molar-refractivity contribution in [1.82, 2.24) is 25.1 Å². The molecule has 11 heteroatoms. The van der Waals surface area contributed by atoms with E-state index in [9.17, 15) is 14.7 Å². The third kappa shape index (κ3) is 4.40. The van der Waals surface area contributed by atoms with Crippen molar-refractivity contribution >= 4 is 35.2 Å². The van der Waals surface area contributed by atoms with Crippen molar-refractivity contribution in [3.05, 3.63) is 27.3 Å². The Bertz CT molecular complexity index is 829. The fraction of sp³-hybridized carbons (Fsp3) is 0.611. The topological polar surface area (TPSA) is 111 Å². The summed E-state index contributed by atoms with van der Waals surface area (Å²) in [4.78, 5) is 35.6. The van der Waals surface area contributed by atoms with Crippen LogP contribution in [0.2, 0.25) is 5.15 Å². The molecule has 1 fully saturated rings. The standard InChI is InChI=1S/C18H26ClN5O4S/c1-5-10-14(19)22-15(20-10)16(25)21-11-6-7-24(8-12(11)28-4)18-23(3)9(2)13(29-18)17(26)27/h11-12,18H,5-8H2,1-4H3,(H,20,22)(H,21,25)(H,26,27)/t11-,12+,18?/m1/s1. The van der Waals surface area contributed by atoms with E-state index in [1.54, 1.807) is 7.11 Å². The van der Waals surface area contributed by atoms with E-state index >= 15 is 0 Å². The number of carbonyl (C=O) groups excluding carboxylic acids is 1. The van der Waals surface area contributed by atoms with Crippen LogP contribution in [0.5, 0.6) is 0 Å². The maximum Gasteiger partial charge on any atom is 0.344 e. The van der Waals surface area contributed by atoms with Crippen LogP contribution in [-0.2, 0) is 16.0 Å². The maximum absolute atomic E-state index is 12.6. The highest BCUT2D eigenvalue weighted by Gasteiger charge is 2.40. The summed E-state index contributed by atoms with van der Waals surface area (Å²) < 4.78 is 5.65. The number of methoxy groups -OCH3 is 1. The Balaban J connectivity index is 1.64. The lowest BCUT2D eigenvalue weighted by atomic mass is 10.0. The van der Waals surface area contributed by atoms with E-state index in [2.05, 4.69) is 20.2 Å². The number of rotatable bonds is 6. The monoisotopic (exact) mass is 443 g/mol. The summed E-state index contributed by atoms with van der Waals surface area (Å²) in [5.41, 5.74) is 1.37. The number of carboxylic acids is 1. The van der Waals surface area contributed by atoms with E-state index in [-0.39, 0.29) is 29.4 Å². The molecule has 0 aromatic carbocycles. The zero-order valence-electron chi connectivity index (χ0n) is 16.9. The molecule has 2 aliphatic rings. The molecule has 1 aromatic rings. The molecule has 0 aliphatic carbocycles. The molecule has 3 atom stereocenters. The highest BCUT2D eigenvalue weighted by atomic mass is 35.5. The predicted octanol–water partition coefficient (Wildman–Crippen LogP) is 1.72. The first-order chi connectivity index (χ1) is 13.8. The highest BCUT2D eigenvalue weighted by molar-refractivity contribution is 8.04. The molecule has 1 amide bonds. The van der Waals surface area contributed by atoms with Gasteiger partial charge in [-0.2, -0.15) is 0 Å². The third-order valence-corrected chi connectivity index (χ3v) is 7.27. The number of hydrogen-bond donors (Lipinski definition) is 3. The van der Waals surface area contributed by atoms with Crippen molar-refractivity contribution in [3.8, 4) is 0 Å². The number of nitrogens with zero attached hydrogens (tertiary/aromatic N) is 3. The number of carbonyl (C=O) groups is 2. The molecule has 160 valence electrons. The molecule has 2 aliphatic heterocycles. The first-order valence-electron chi connectivity index (χ1n) is 9.42. The molecular weight excluding hydrogens is 418 g/mol. The van der Waals surface area contributed by atoms with Gasteiger partial charge >= 0.3 is 5.97 Å². The van der Waals surface area contributed by atoms with E-state index in [1.165, 1.54) is 11.8 Å². The molecule has 29 heavy (non-hydrogen) atoms. The fourth-order valence-corrected chi connectivity index (χ4v) is 5.18. The zero-order chi connectivity index (χ0) is 21.3. The molecule has 0 radical (unpaired) electrons. The van der Waals surface area contributed by atoms with Crippen molar-refractivity contribution in [2.75, 3.05) is 27.2 Å². The van der Waals surface area contributed by atoms with E-state index in [4.69, 9.17) is 16.3 Å². The summed E-state index contributed by atoms with van der Waals surface area (Å²) in [5, 5.41) is 12.7. The number of aromatic nitrogens is 2. The van der Waals surface area contributed by atoms with Crippen molar-refractivity contribution in [2.45, 2.75) is 44.3 Å². The molecule has 1 unspecified atom stereocenters. The third-order valence-electron chi connectivity index (χ3n) is 5.43. The van der Waals surface area contributed by atoms with Crippen LogP contribution in [0, 0.1) is 0 Å². The Morgan fingerprint density at radius 2 is 2.21 bits per heavy atom. The van der Waals surface area contributed by atoms with Crippen molar-refractivity contribution in [3.63, 3.8) is 0 Å². The average Bonchev–Trinajstić information content (AvgIpc) is 3.22. The lowest BCUT2D eigenvalue weighted by Crippen LogP contribution is -2.58. The van der Waals surface area contributed by atoms with Gasteiger partial charge in [-0.15, -0.1) is 0 Å². The van der Waals surface area contributed by atoms with Crippen LogP contribution in [0.25, 0.3) is 0 Å². The number of thioether (sulfide) groups is 1.